The van der Waals surface area contributed by atoms with E-state index in [1.807, 2.05) is 12.2 Å². The van der Waals surface area contributed by atoms with E-state index in [1.165, 1.54) is 23.3 Å². The number of allylic oxidation sites excluding steroid dienone is 2. The maximum atomic E-state index is 12.6. The van der Waals surface area contributed by atoms with Crippen molar-refractivity contribution in [1.82, 2.24) is 0 Å². The van der Waals surface area contributed by atoms with Crippen molar-refractivity contribution in [3.63, 3.8) is 0 Å². The normalized spacial score (nSPS) is 21.8. The summed E-state index contributed by atoms with van der Waals surface area (Å²) < 4.78 is 5.04. The van der Waals surface area contributed by atoms with Gasteiger partial charge in [-0.1, -0.05) is 23.8 Å². The molecule has 1 N–H and O–H groups in total. The highest BCUT2D eigenvalue weighted by atomic mass is 35.5. The van der Waals surface area contributed by atoms with E-state index in [0.717, 1.165) is 0 Å². The Kier molecular flexibility index (Phi) is 4.12. The number of rotatable bonds is 3. The number of furan rings is 1. The van der Waals surface area contributed by atoms with Gasteiger partial charge in [0, 0.05) is 0 Å². The number of carbonyl (C=O) groups excluding carboxylic acids is 3. The molecule has 1 aliphatic carbocycles. The molecule has 1 saturated heterocycles. The molecule has 26 heavy (non-hydrogen) atoms. The van der Waals surface area contributed by atoms with Crippen molar-refractivity contribution in [1.29, 1.82) is 0 Å². The minimum atomic E-state index is -0.435. The third-order valence-corrected chi connectivity index (χ3v) is 5.02. The molecule has 1 aromatic heterocycles. The highest BCUT2D eigenvalue weighted by Gasteiger charge is 2.47. The summed E-state index contributed by atoms with van der Waals surface area (Å²) in [5.41, 5.74) is 0.783. The number of fused-ring (bicyclic) bond motifs is 1. The van der Waals surface area contributed by atoms with Gasteiger partial charge in [0.25, 0.3) is 5.91 Å². The van der Waals surface area contributed by atoms with Gasteiger partial charge in [0.2, 0.25) is 11.8 Å². The van der Waals surface area contributed by atoms with Gasteiger partial charge in [-0.05, 0) is 43.2 Å². The molecule has 132 valence electrons. The predicted molar refractivity (Wildman–Crippen MR) is 96.0 cm³/mol. The molecule has 0 bridgehead atoms. The first-order valence-corrected chi connectivity index (χ1v) is 8.61. The number of imide groups is 1. The Morgan fingerprint density at radius 3 is 2.38 bits per heavy atom. The Hall–Kier alpha value is -2.86. The number of hydrogen-bond acceptors (Lipinski definition) is 4. The molecular weight excluding hydrogens is 356 g/mol. The van der Waals surface area contributed by atoms with Crippen LogP contribution in [0.15, 0.2) is 53.2 Å². The van der Waals surface area contributed by atoms with Gasteiger partial charge in [0.1, 0.15) is 0 Å². The smallest absolute Gasteiger partial charge is 0.291 e. The quantitative estimate of drug-likeness (QED) is 0.660. The maximum absolute atomic E-state index is 12.6. The molecule has 0 unspecified atom stereocenters. The lowest BCUT2D eigenvalue weighted by molar-refractivity contribution is -0.122. The Balaban J connectivity index is 1.57. The monoisotopic (exact) mass is 370 g/mol. The molecule has 2 atom stereocenters. The molecule has 1 aliphatic heterocycles. The van der Waals surface area contributed by atoms with Gasteiger partial charge in [-0.2, -0.15) is 0 Å². The van der Waals surface area contributed by atoms with Crippen LogP contribution in [-0.2, 0) is 9.59 Å². The molecule has 2 aromatic rings. The number of benzene rings is 1. The van der Waals surface area contributed by atoms with Gasteiger partial charge in [0.05, 0.1) is 34.5 Å². The molecule has 2 aliphatic rings. The van der Waals surface area contributed by atoms with Gasteiger partial charge in [-0.15, -0.1) is 0 Å². The zero-order valence-corrected chi connectivity index (χ0v) is 14.4. The number of nitrogens with zero attached hydrogens (tertiary/aromatic N) is 1. The van der Waals surface area contributed by atoms with Crippen molar-refractivity contribution >= 4 is 40.7 Å². The molecule has 0 spiro atoms. The predicted octanol–water partition coefficient (Wildman–Crippen LogP) is 3.64. The summed E-state index contributed by atoms with van der Waals surface area (Å²) in [6.07, 6.45) is 6.44. The Morgan fingerprint density at radius 1 is 1.12 bits per heavy atom. The summed E-state index contributed by atoms with van der Waals surface area (Å²) in [7, 11) is 0. The van der Waals surface area contributed by atoms with Gasteiger partial charge in [-0.3, -0.25) is 14.4 Å². The van der Waals surface area contributed by atoms with Crippen LogP contribution in [0.3, 0.4) is 0 Å². The van der Waals surface area contributed by atoms with E-state index >= 15 is 0 Å². The fourth-order valence-electron chi connectivity index (χ4n) is 3.39. The molecular formula is C19H15ClN2O4. The third-order valence-electron chi connectivity index (χ3n) is 4.71. The van der Waals surface area contributed by atoms with E-state index in [0.29, 0.717) is 24.2 Å². The van der Waals surface area contributed by atoms with Crippen LogP contribution < -0.4 is 10.2 Å². The van der Waals surface area contributed by atoms with Crippen LogP contribution in [-0.4, -0.2) is 17.7 Å². The lowest BCUT2D eigenvalue weighted by Crippen LogP contribution is -2.30. The van der Waals surface area contributed by atoms with Gasteiger partial charge in [-0.25, -0.2) is 4.90 Å². The maximum Gasteiger partial charge on any atom is 0.291 e. The van der Waals surface area contributed by atoms with E-state index in [-0.39, 0.29) is 34.4 Å². The summed E-state index contributed by atoms with van der Waals surface area (Å²) in [6, 6.07) is 7.83. The lowest BCUT2D eigenvalue weighted by atomic mass is 9.85. The van der Waals surface area contributed by atoms with Crippen LogP contribution in [0.1, 0.15) is 23.4 Å². The van der Waals surface area contributed by atoms with Crippen molar-refractivity contribution in [3.8, 4) is 0 Å². The zero-order valence-electron chi connectivity index (χ0n) is 13.6. The minimum Gasteiger partial charge on any atom is -0.459 e. The first kappa shape index (κ1) is 16.6. The van der Waals surface area contributed by atoms with E-state index < -0.39 is 5.91 Å². The van der Waals surface area contributed by atoms with Crippen LogP contribution in [0.25, 0.3) is 0 Å². The lowest BCUT2D eigenvalue weighted by Gasteiger charge is -2.16. The molecule has 0 saturated carbocycles. The van der Waals surface area contributed by atoms with Crippen molar-refractivity contribution in [2.45, 2.75) is 12.8 Å². The zero-order chi connectivity index (χ0) is 18.3. The van der Waals surface area contributed by atoms with Gasteiger partial charge < -0.3 is 9.73 Å². The topological polar surface area (TPSA) is 79.6 Å². The highest BCUT2D eigenvalue weighted by molar-refractivity contribution is 6.34. The Labute approximate surface area is 154 Å². The van der Waals surface area contributed by atoms with Crippen molar-refractivity contribution in [2.24, 2.45) is 11.8 Å². The number of hydrogen-bond donors (Lipinski definition) is 1. The van der Waals surface area contributed by atoms with Crippen LogP contribution in [0, 0.1) is 11.8 Å². The number of amides is 3. The van der Waals surface area contributed by atoms with E-state index in [1.54, 1.807) is 18.2 Å². The van der Waals surface area contributed by atoms with Crippen molar-refractivity contribution in [2.75, 3.05) is 10.2 Å². The Bertz CT molecular complexity index is 894. The second-order valence-corrected chi connectivity index (χ2v) is 6.67. The number of nitrogens with one attached hydrogen (secondary N) is 1. The molecule has 0 radical (unpaired) electrons. The van der Waals surface area contributed by atoms with Crippen LogP contribution in [0.2, 0.25) is 5.02 Å². The molecule has 3 amide bonds. The van der Waals surface area contributed by atoms with Crippen LogP contribution in [0.5, 0.6) is 0 Å². The molecule has 2 heterocycles. The fraction of sp³-hybridized carbons (Fsp3) is 0.211. The van der Waals surface area contributed by atoms with Gasteiger partial charge >= 0.3 is 0 Å². The standard InChI is InChI=1S/C19H15ClN2O4/c20-14-10-11(7-8-15(14)21-17(23)16-6-3-9-26-16)22-18(24)12-4-1-2-5-13(12)19(22)25/h1-3,6-10,12-13H,4-5H2,(H,21,23)/t12-,13-/m0/s1. The van der Waals surface area contributed by atoms with E-state index in [4.69, 9.17) is 16.0 Å². The van der Waals surface area contributed by atoms with Crippen LogP contribution >= 0.6 is 11.6 Å². The van der Waals surface area contributed by atoms with Crippen LogP contribution in [0.4, 0.5) is 11.4 Å². The number of carbonyl (C=O) groups is 3. The molecule has 4 rings (SSSR count). The van der Waals surface area contributed by atoms with E-state index in [2.05, 4.69) is 5.32 Å². The minimum absolute atomic E-state index is 0.159. The summed E-state index contributed by atoms with van der Waals surface area (Å²) >= 11 is 6.25. The molecule has 1 fully saturated rings. The SMILES string of the molecule is O=C(Nc1ccc(N2C(=O)[C@H]3CC=CC[C@@H]3C2=O)cc1Cl)c1ccco1. The van der Waals surface area contributed by atoms with Crippen molar-refractivity contribution in [3.05, 3.63) is 59.5 Å². The summed E-state index contributed by atoms with van der Waals surface area (Å²) in [4.78, 5) is 38.5. The second kappa shape index (κ2) is 6.46. The highest BCUT2D eigenvalue weighted by Crippen LogP contribution is 2.39. The first-order valence-electron chi connectivity index (χ1n) is 8.23. The summed E-state index contributed by atoms with van der Waals surface area (Å²) in [5, 5.41) is 2.87. The van der Waals surface area contributed by atoms with Gasteiger partial charge in [0.15, 0.2) is 5.76 Å². The fourth-order valence-corrected chi connectivity index (χ4v) is 3.61. The average molecular weight is 371 g/mol. The summed E-state index contributed by atoms with van der Waals surface area (Å²) in [5.74, 6) is -1.28. The molecule has 7 heteroatoms. The molecule has 6 nitrogen and oxygen atoms in total. The van der Waals surface area contributed by atoms with Crippen molar-refractivity contribution < 1.29 is 18.8 Å². The molecule has 1 aromatic carbocycles. The Morgan fingerprint density at radius 2 is 1.81 bits per heavy atom. The van der Waals surface area contributed by atoms with E-state index in [9.17, 15) is 14.4 Å². The second-order valence-electron chi connectivity index (χ2n) is 6.26. The summed E-state index contributed by atoms with van der Waals surface area (Å²) in [6.45, 7) is 0. The number of halogens is 1. The largest absolute Gasteiger partial charge is 0.459 e. The third kappa shape index (κ3) is 2.72. The number of anilines is 2. The average Bonchev–Trinajstić information content (AvgIpc) is 3.26. The first-order chi connectivity index (χ1) is 12.6.